The molecule has 0 amide bonds. The van der Waals surface area contributed by atoms with Crippen LogP contribution < -0.4 is 14.8 Å². The molecule has 4 nitrogen and oxygen atoms in total. The summed E-state index contributed by atoms with van der Waals surface area (Å²) in [6.07, 6.45) is 1.55. The van der Waals surface area contributed by atoms with Gasteiger partial charge in [0.05, 0.1) is 0 Å². The molecule has 174 valence electrons. The fourth-order valence-electron chi connectivity index (χ4n) is 4.74. The summed E-state index contributed by atoms with van der Waals surface area (Å²) in [5, 5.41) is 3.65. The van der Waals surface area contributed by atoms with E-state index in [4.69, 9.17) is 9.47 Å². The fraction of sp³-hybridized carbons (Fsp3) is 0.194. The van der Waals surface area contributed by atoms with Crippen LogP contribution >= 0.6 is 0 Å². The molecule has 0 radical (unpaired) electrons. The maximum atomic E-state index is 12.8. The highest BCUT2D eigenvalue weighted by molar-refractivity contribution is 5.97. The molecular weight excluding hydrogens is 434 g/mol. The lowest BCUT2D eigenvalue weighted by Gasteiger charge is -2.07. The second-order valence-electron chi connectivity index (χ2n) is 9.30. The number of hydrogen-bond acceptors (Lipinski definition) is 4. The molecule has 4 aromatic rings. The molecule has 0 saturated heterocycles. The molecule has 4 aromatic carbocycles. The topological polar surface area (TPSA) is 47.6 Å². The Morgan fingerprint density at radius 3 is 2.29 bits per heavy atom. The highest BCUT2D eigenvalue weighted by Crippen LogP contribution is 2.41. The van der Waals surface area contributed by atoms with Crippen LogP contribution in [0.4, 0.5) is 0 Å². The van der Waals surface area contributed by atoms with E-state index in [0.29, 0.717) is 25.2 Å². The third kappa shape index (κ3) is 4.84. The number of rotatable bonds is 8. The summed E-state index contributed by atoms with van der Waals surface area (Å²) >= 11 is 0. The highest BCUT2D eigenvalue weighted by Gasteiger charge is 2.37. The van der Waals surface area contributed by atoms with Gasteiger partial charge in [0.1, 0.15) is 0 Å². The zero-order valence-electron chi connectivity index (χ0n) is 19.4. The van der Waals surface area contributed by atoms with Gasteiger partial charge in [-0.05, 0) is 46.4 Å². The normalized spacial score (nSPS) is 17.8. The molecule has 2 unspecified atom stereocenters. The number of carbonyl (C=O) groups excluding carboxylic acids is 1. The van der Waals surface area contributed by atoms with Crippen molar-refractivity contribution in [3.63, 3.8) is 0 Å². The average molecular weight is 462 g/mol. The van der Waals surface area contributed by atoms with E-state index in [2.05, 4.69) is 47.8 Å². The molecule has 1 heterocycles. The molecule has 0 aromatic heterocycles. The largest absolute Gasteiger partial charge is 0.454 e. The third-order valence-corrected chi connectivity index (χ3v) is 6.88. The fourth-order valence-corrected chi connectivity index (χ4v) is 4.74. The summed E-state index contributed by atoms with van der Waals surface area (Å²) in [6, 6.07) is 33.3. The van der Waals surface area contributed by atoms with Crippen molar-refractivity contribution in [1.82, 2.24) is 5.32 Å². The lowest BCUT2D eigenvalue weighted by Crippen LogP contribution is -2.17. The average Bonchev–Trinajstić information content (AvgIpc) is 3.54. The van der Waals surface area contributed by atoms with Crippen LogP contribution in [0.25, 0.3) is 11.1 Å². The van der Waals surface area contributed by atoms with Crippen LogP contribution in [0.2, 0.25) is 0 Å². The molecule has 1 N–H and O–H groups in total. The Labute approximate surface area is 205 Å². The van der Waals surface area contributed by atoms with Crippen molar-refractivity contribution >= 4 is 5.78 Å². The predicted molar refractivity (Wildman–Crippen MR) is 137 cm³/mol. The number of ketones is 1. The van der Waals surface area contributed by atoms with Gasteiger partial charge in [-0.25, -0.2) is 0 Å². The van der Waals surface area contributed by atoms with Crippen LogP contribution in [-0.2, 0) is 13.0 Å². The summed E-state index contributed by atoms with van der Waals surface area (Å²) in [5.41, 5.74) is 6.62. The SMILES string of the molecule is O=C(Cc1ccc(C2CC2NCc2ccc3c(c2)OCO3)cc1)c1ccc(-c2ccccc2)cc1. The molecule has 2 aliphatic rings. The van der Waals surface area contributed by atoms with Crippen LogP contribution in [-0.4, -0.2) is 18.6 Å². The van der Waals surface area contributed by atoms with Crippen molar-refractivity contribution in [2.75, 3.05) is 6.79 Å². The summed E-state index contributed by atoms with van der Waals surface area (Å²) in [6.45, 7) is 1.12. The van der Waals surface area contributed by atoms with Crippen molar-refractivity contribution in [2.45, 2.75) is 31.3 Å². The highest BCUT2D eigenvalue weighted by atomic mass is 16.7. The Morgan fingerprint density at radius 2 is 1.49 bits per heavy atom. The summed E-state index contributed by atoms with van der Waals surface area (Å²) in [5.74, 6) is 2.32. The zero-order valence-corrected chi connectivity index (χ0v) is 19.4. The summed E-state index contributed by atoms with van der Waals surface area (Å²) < 4.78 is 10.9. The number of carbonyl (C=O) groups is 1. The number of hydrogen-bond donors (Lipinski definition) is 1. The van der Waals surface area contributed by atoms with Gasteiger partial charge in [0.15, 0.2) is 17.3 Å². The minimum Gasteiger partial charge on any atom is -0.454 e. The van der Waals surface area contributed by atoms with E-state index in [9.17, 15) is 4.79 Å². The molecule has 1 saturated carbocycles. The molecule has 4 heteroatoms. The van der Waals surface area contributed by atoms with E-state index in [-0.39, 0.29) is 5.78 Å². The minimum atomic E-state index is 0.145. The van der Waals surface area contributed by atoms with Gasteiger partial charge in [-0.1, -0.05) is 84.9 Å². The molecule has 1 aliphatic carbocycles. The van der Waals surface area contributed by atoms with Crippen LogP contribution in [0, 0.1) is 0 Å². The Kier molecular flexibility index (Phi) is 5.81. The van der Waals surface area contributed by atoms with Gasteiger partial charge in [0.25, 0.3) is 0 Å². The van der Waals surface area contributed by atoms with Gasteiger partial charge < -0.3 is 14.8 Å². The Morgan fingerprint density at radius 1 is 0.771 bits per heavy atom. The van der Waals surface area contributed by atoms with Gasteiger partial charge >= 0.3 is 0 Å². The first-order valence-corrected chi connectivity index (χ1v) is 12.1. The van der Waals surface area contributed by atoms with Crippen molar-refractivity contribution in [1.29, 1.82) is 0 Å². The van der Waals surface area contributed by atoms with Crippen molar-refractivity contribution < 1.29 is 14.3 Å². The lowest BCUT2D eigenvalue weighted by molar-refractivity contribution is 0.0993. The van der Waals surface area contributed by atoms with E-state index in [1.54, 1.807) is 0 Å². The van der Waals surface area contributed by atoms with E-state index in [0.717, 1.165) is 46.7 Å². The second-order valence-corrected chi connectivity index (χ2v) is 9.30. The standard InChI is InChI=1S/C31H27NO3/c33-29(26-13-11-24(12-14-26)23-4-2-1-3-5-23)16-21-6-9-25(10-7-21)27-18-28(27)32-19-22-8-15-30-31(17-22)35-20-34-30/h1-15,17,27-28,32H,16,18-20H2. The van der Waals surface area contributed by atoms with Gasteiger partial charge in [-0.3, -0.25) is 4.79 Å². The number of nitrogens with one attached hydrogen (secondary N) is 1. The number of ether oxygens (including phenoxy) is 2. The molecule has 6 rings (SSSR count). The summed E-state index contributed by atoms with van der Waals surface area (Å²) in [4.78, 5) is 12.8. The van der Waals surface area contributed by atoms with Crippen LogP contribution in [0.3, 0.4) is 0 Å². The maximum Gasteiger partial charge on any atom is 0.231 e. The van der Waals surface area contributed by atoms with Crippen molar-refractivity contribution in [3.05, 3.63) is 119 Å². The van der Waals surface area contributed by atoms with E-state index >= 15 is 0 Å². The van der Waals surface area contributed by atoms with Gasteiger partial charge in [0.2, 0.25) is 6.79 Å². The minimum absolute atomic E-state index is 0.145. The van der Waals surface area contributed by atoms with Gasteiger partial charge in [-0.2, -0.15) is 0 Å². The first-order chi connectivity index (χ1) is 17.2. The number of fused-ring (bicyclic) bond motifs is 1. The quantitative estimate of drug-likeness (QED) is 0.320. The van der Waals surface area contributed by atoms with Crippen molar-refractivity contribution in [3.8, 4) is 22.6 Å². The first-order valence-electron chi connectivity index (χ1n) is 12.1. The molecular formula is C31H27NO3. The van der Waals surface area contributed by atoms with E-state index in [1.165, 1.54) is 11.1 Å². The zero-order chi connectivity index (χ0) is 23.6. The van der Waals surface area contributed by atoms with E-state index < -0.39 is 0 Å². The van der Waals surface area contributed by atoms with Crippen LogP contribution in [0.1, 0.15) is 39.4 Å². The van der Waals surface area contributed by atoms with Crippen molar-refractivity contribution in [2.24, 2.45) is 0 Å². The second kappa shape index (κ2) is 9.40. The Bertz CT molecular complexity index is 1330. The maximum absolute atomic E-state index is 12.8. The molecule has 1 aliphatic heterocycles. The third-order valence-electron chi connectivity index (χ3n) is 6.88. The van der Waals surface area contributed by atoms with Crippen LogP contribution in [0.5, 0.6) is 11.5 Å². The lowest BCUT2D eigenvalue weighted by atomic mass is 9.98. The Hall–Kier alpha value is -3.89. The Balaban J connectivity index is 1.02. The van der Waals surface area contributed by atoms with Gasteiger partial charge in [-0.15, -0.1) is 0 Å². The molecule has 2 atom stereocenters. The van der Waals surface area contributed by atoms with E-state index in [1.807, 2.05) is 54.6 Å². The van der Waals surface area contributed by atoms with Crippen LogP contribution in [0.15, 0.2) is 97.1 Å². The van der Waals surface area contributed by atoms with Gasteiger partial charge in [0, 0.05) is 30.5 Å². The smallest absolute Gasteiger partial charge is 0.231 e. The summed E-state index contributed by atoms with van der Waals surface area (Å²) in [7, 11) is 0. The first kappa shape index (κ1) is 21.6. The monoisotopic (exact) mass is 461 g/mol. The predicted octanol–water partition coefficient (Wildman–Crippen LogP) is 6.15. The molecule has 1 fully saturated rings. The molecule has 35 heavy (non-hydrogen) atoms. The number of benzene rings is 4. The number of Topliss-reactive ketones (excluding diaryl/α,β-unsaturated/α-hetero) is 1. The molecule has 0 spiro atoms. The molecule has 0 bridgehead atoms.